The molecule has 42 heavy (non-hydrogen) atoms. The normalized spacial score (nSPS) is 21.2. The average molecular weight is 575 g/mol. The first-order valence-corrected chi connectivity index (χ1v) is 15.9. The molecule has 0 bridgehead atoms. The molecule has 2 aromatic carbocycles. The van der Waals surface area contributed by atoms with E-state index in [1.807, 2.05) is 41.3 Å². The van der Waals surface area contributed by atoms with Crippen LogP contribution in [0.25, 0.3) is 0 Å². The Labute approximate surface area is 250 Å². The van der Waals surface area contributed by atoms with Crippen molar-refractivity contribution in [3.8, 4) is 0 Å². The van der Waals surface area contributed by atoms with E-state index in [9.17, 15) is 14.4 Å². The third-order valence-corrected chi connectivity index (χ3v) is 9.37. The van der Waals surface area contributed by atoms with E-state index in [1.165, 1.54) is 24.8 Å². The number of likely N-dealkylation sites (tertiary alicyclic amines) is 1. The zero-order valence-corrected chi connectivity index (χ0v) is 24.8. The van der Waals surface area contributed by atoms with Crippen LogP contribution in [0.15, 0.2) is 60.7 Å². The molecule has 3 amide bonds. The molecule has 2 N–H and O–H groups in total. The van der Waals surface area contributed by atoms with Gasteiger partial charge in [-0.25, -0.2) is 4.79 Å². The summed E-state index contributed by atoms with van der Waals surface area (Å²) in [7, 11) is 0. The van der Waals surface area contributed by atoms with Crippen molar-refractivity contribution in [1.82, 2.24) is 20.4 Å². The van der Waals surface area contributed by atoms with Crippen LogP contribution >= 0.6 is 0 Å². The van der Waals surface area contributed by atoms with Gasteiger partial charge in [0.05, 0.1) is 0 Å². The maximum atomic E-state index is 14.0. The van der Waals surface area contributed by atoms with Crippen molar-refractivity contribution < 1.29 is 19.1 Å². The maximum Gasteiger partial charge on any atom is 0.407 e. The van der Waals surface area contributed by atoms with Crippen molar-refractivity contribution in [1.29, 1.82) is 0 Å². The minimum atomic E-state index is -0.756. The van der Waals surface area contributed by atoms with Gasteiger partial charge in [0.1, 0.15) is 18.2 Å². The molecule has 0 radical (unpaired) electrons. The van der Waals surface area contributed by atoms with Gasteiger partial charge >= 0.3 is 6.09 Å². The number of hydrogen-bond acceptors (Lipinski definition) is 5. The fourth-order valence-electron chi connectivity index (χ4n) is 6.81. The molecule has 5 rings (SSSR count). The molecule has 2 heterocycles. The van der Waals surface area contributed by atoms with E-state index in [1.54, 1.807) is 0 Å². The van der Waals surface area contributed by atoms with Crippen molar-refractivity contribution in [2.45, 2.75) is 82.4 Å². The summed E-state index contributed by atoms with van der Waals surface area (Å²) < 4.78 is 5.29. The Morgan fingerprint density at radius 1 is 0.929 bits per heavy atom. The van der Waals surface area contributed by atoms with E-state index in [-0.39, 0.29) is 18.4 Å². The average Bonchev–Trinajstić information content (AvgIpc) is 3.04. The quantitative estimate of drug-likeness (QED) is 0.381. The highest BCUT2D eigenvalue weighted by Gasteiger charge is 2.53. The van der Waals surface area contributed by atoms with Crippen LogP contribution in [0.4, 0.5) is 4.79 Å². The number of nitrogens with zero attached hydrogens (tertiary/aromatic N) is 2. The molecule has 0 aromatic heterocycles. The van der Waals surface area contributed by atoms with Crippen LogP contribution in [0.2, 0.25) is 0 Å². The summed E-state index contributed by atoms with van der Waals surface area (Å²) in [4.78, 5) is 44.3. The molecular formula is C34H46N4O4. The van der Waals surface area contributed by atoms with Crippen LogP contribution in [0, 0.1) is 5.92 Å². The molecule has 2 aromatic rings. The monoisotopic (exact) mass is 574 g/mol. The summed E-state index contributed by atoms with van der Waals surface area (Å²) in [6.07, 6.45) is 8.85. The SMILES string of the molecule is O=C(NCCC[C@@H]1NC(=O)C2(CCN(CCc3ccccc3)CC2)N(CC2CCCCC2)C1=O)OCc1ccccc1. The summed E-state index contributed by atoms with van der Waals surface area (Å²) in [5, 5.41) is 5.89. The van der Waals surface area contributed by atoms with Gasteiger partial charge in [-0.1, -0.05) is 79.9 Å². The van der Waals surface area contributed by atoms with Crippen molar-refractivity contribution in [3.63, 3.8) is 0 Å². The lowest BCUT2D eigenvalue weighted by atomic mass is 9.79. The molecule has 3 aliphatic rings. The van der Waals surface area contributed by atoms with Crippen LogP contribution < -0.4 is 10.6 Å². The Kier molecular flexibility index (Phi) is 10.5. The molecule has 8 heteroatoms. The summed E-state index contributed by atoms with van der Waals surface area (Å²) in [6, 6.07) is 19.5. The maximum absolute atomic E-state index is 14.0. The fourth-order valence-corrected chi connectivity index (χ4v) is 6.81. The number of carbonyl (C=O) groups is 3. The Hall–Kier alpha value is -3.39. The smallest absolute Gasteiger partial charge is 0.407 e. The lowest BCUT2D eigenvalue weighted by Gasteiger charge is -2.52. The van der Waals surface area contributed by atoms with Gasteiger partial charge in [-0.3, -0.25) is 9.59 Å². The number of benzene rings is 2. The summed E-state index contributed by atoms with van der Waals surface area (Å²) >= 11 is 0. The van der Waals surface area contributed by atoms with Crippen molar-refractivity contribution in [2.75, 3.05) is 32.7 Å². The first-order chi connectivity index (χ1) is 20.5. The topological polar surface area (TPSA) is 91.0 Å². The number of ether oxygens (including phenoxy) is 1. The number of carbonyl (C=O) groups excluding carboxylic acids is 3. The lowest BCUT2D eigenvalue weighted by molar-refractivity contribution is -0.162. The van der Waals surface area contributed by atoms with E-state index in [0.717, 1.165) is 44.5 Å². The van der Waals surface area contributed by atoms with Gasteiger partial charge < -0.3 is 25.2 Å². The highest BCUT2D eigenvalue weighted by molar-refractivity contribution is 6.00. The Bertz CT molecular complexity index is 1160. The van der Waals surface area contributed by atoms with Gasteiger partial charge in [0.2, 0.25) is 11.8 Å². The van der Waals surface area contributed by atoms with Gasteiger partial charge in [0.25, 0.3) is 0 Å². The fraction of sp³-hybridized carbons (Fsp3) is 0.559. The lowest BCUT2D eigenvalue weighted by Crippen LogP contribution is -2.73. The van der Waals surface area contributed by atoms with E-state index in [4.69, 9.17) is 4.74 Å². The second-order valence-corrected chi connectivity index (χ2v) is 12.2. The number of amides is 3. The molecule has 1 saturated carbocycles. The molecule has 226 valence electrons. The number of piperazine rings is 1. The van der Waals surface area contributed by atoms with Crippen LogP contribution in [0.3, 0.4) is 0 Å². The summed E-state index contributed by atoms with van der Waals surface area (Å²) in [5.74, 6) is 0.508. The summed E-state index contributed by atoms with van der Waals surface area (Å²) in [6.45, 7) is 3.87. The molecule has 2 saturated heterocycles. The third kappa shape index (κ3) is 7.71. The van der Waals surface area contributed by atoms with Crippen LogP contribution in [0.5, 0.6) is 0 Å². The second kappa shape index (κ2) is 14.7. The molecule has 1 atom stereocenters. The van der Waals surface area contributed by atoms with Crippen molar-refractivity contribution in [2.24, 2.45) is 5.92 Å². The predicted octanol–water partition coefficient (Wildman–Crippen LogP) is 4.68. The van der Waals surface area contributed by atoms with Crippen molar-refractivity contribution in [3.05, 3.63) is 71.8 Å². The first kappa shape index (κ1) is 30.1. The number of piperidine rings is 1. The molecule has 3 fully saturated rings. The Balaban J connectivity index is 1.15. The zero-order chi connectivity index (χ0) is 29.2. The second-order valence-electron chi connectivity index (χ2n) is 12.2. The summed E-state index contributed by atoms with van der Waals surface area (Å²) in [5.41, 5.74) is 1.49. The number of nitrogens with one attached hydrogen (secondary N) is 2. The highest BCUT2D eigenvalue weighted by Crippen LogP contribution is 2.36. The zero-order valence-electron chi connectivity index (χ0n) is 24.8. The number of hydrogen-bond donors (Lipinski definition) is 2. The van der Waals surface area contributed by atoms with Crippen LogP contribution in [0.1, 0.15) is 68.9 Å². The van der Waals surface area contributed by atoms with E-state index < -0.39 is 17.7 Å². The van der Waals surface area contributed by atoms with Crippen molar-refractivity contribution >= 4 is 17.9 Å². The van der Waals surface area contributed by atoms with Gasteiger partial charge in [-0.05, 0) is 62.0 Å². The predicted molar refractivity (Wildman–Crippen MR) is 163 cm³/mol. The molecule has 1 spiro atoms. The van der Waals surface area contributed by atoms with Gasteiger partial charge in [0, 0.05) is 32.7 Å². The minimum Gasteiger partial charge on any atom is -0.445 e. The van der Waals surface area contributed by atoms with Crippen LogP contribution in [-0.2, 0) is 27.4 Å². The molecule has 0 unspecified atom stereocenters. The molecular weight excluding hydrogens is 528 g/mol. The Morgan fingerprint density at radius 3 is 2.29 bits per heavy atom. The molecule has 2 aliphatic heterocycles. The molecule has 1 aliphatic carbocycles. The number of alkyl carbamates (subject to hydrolysis) is 1. The van der Waals surface area contributed by atoms with E-state index >= 15 is 0 Å². The standard InChI is InChI=1S/C34H46N4O4/c39-31-30(17-10-21-35-33(41)42-26-29-15-8-3-9-16-29)36-32(40)34(38(31)25-28-13-6-2-7-14-28)19-23-37(24-20-34)22-18-27-11-4-1-5-12-27/h1,3-5,8-9,11-12,15-16,28,30H,2,6-7,10,13-14,17-26H2,(H,35,41)(H,36,40)/t30-/m0/s1. The third-order valence-electron chi connectivity index (χ3n) is 9.37. The van der Waals surface area contributed by atoms with Crippen LogP contribution in [-0.4, -0.2) is 72.0 Å². The van der Waals surface area contributed by atoms with E-state index in [0.29, 0.717) is 44.7 Å². The van der Waals surface area contributed by atoms with Gasteiger partial charge in [-0.2, -0.15) is 0 Å². The minimum absolute atomic E-state index is 0.000786. The van der Waals surface area contributed by atoms with Gasteiger partial charge in [-0.15, -0.1) is 0 Å². The first-order valence-electron chi connectivity index (χ1n) is 15.9. The molecule has 8 nitrogen and oxygen atoms in total. The van der Waals surface area contributed by atoms with Gasteiger partial charge in [0.15, 0.2) is 0 Å². The number of rotatable bonds is 11. The highest BCUT2D eigenvalue weighted by atomic mass is 16.5. The largest absolute Gasteiger partial charge is 0.445 e. The Morgan fingerprint density at radius 2 is 1.60 bits per heavy atom. The van der Waals surface area contributed by atoms with E-state index in [2.05, 4.69) is 39.8 Å².